The monoisotopic (exact) mass is 210 g/mol. The molecule has 0 atom stereocenters. The van der Waals surface area contributed by atoms with Gasteiger partial charge in [-0.3, -0.25) is 0 Å². The topological polar surface area (TPSA) is 9.23 Å². The molecule has 0 aliphatic rings. The van der Waals surface area contributed by atoms with Crippen LogP contribution in [0.5, 0.6) is 5.75 Å². The maximum absolute atomic E-state index is 5.92. The maximum atomic E-state index is 5.92. The van der Waals surface area contributed by atoms with E-state index in [1.165, 1.54) is 0 Å². The van der Waals surface area contributed by atoms with Gasteiger partial charge in [-0.05, 0) is 29.7 Å². The van der Waals surface area contributed by atoms with Crippen LogP contribution in [0.2, 0.25) is 5.02 Å². The Morgan fingerprint density at radius 3 is 2.71 bits per heavy atom. The molecule has 0 saturated heterocycles. The molecule has 1 rings (SSSR count). The second kappa shape index (κ2) is 5.06. The van der Waals surface area contributed by atoms with Crippen molar-refractivity contribution in [2.24, 2.45) is 5.92 Å². The van der Waals surface area contributed by atoms with Gasteiger partial charge in [0.05, 0.1) is 6.61 Å². The van der Waals surface area contributed by atoms with E-state index >= 15 is 0 Å². The first-order valence-electron chi connectivity index (χ1n) is 4.67. The number of rotatable bonds is 4. The molecule has 0 amide bonds. The van der Waals surface area contributed by atoms with Crippen LogP contribution >= 0.6 is 11.6 Å². The van der Waals surface area contributed by atoms with E-state index in [1.807, 2.05) is 18.2 Å². The summed E-state index contributed by atoms with van der Waals surface area (Å²) in [4.78, 5) is 0. The predicted octanol–water partition coefficient (Wildman–Crippen LogP) is 4.02. The molecule has 0 aliphatic carbocycles. The molecular formula is C12H15ClO. The van der Waals surface area contributed by atoms with Crippen molar-refractivity contribution in [1.29, 1.82) is 0 Å². The van der Waals surface area contributed by atoms with E-state index in [-0.39, 0.29) is 0 Å². The zero-order valence-electron chi connectivity index (χ0n) is 8.59. The van der Waals surface area contributed by atoms with E-state index in [1.54, 1.807) is 6.08 Å². The van der Waals surface area contributed by atoms with Crippen molar-refractivity contribution in [3.63, 3.8) is 0 Å². The lowest BCUT2D eigenvalue weighted by molar-refractivity contribution is 0.271. The Kier molecular flexibility index (Phi) is 4.02. The lowest BCUT2D eigenvalue weighted by Gasteiger charge is -2.09. The molecule has 0 unspecified atom stereocenters. The van der Waals surface area contributed by atoms with Crippen LogP contribution in [0.3, 0.4) is 0 Å². The van der Waals surface area contributed by atoms with Crippen molar-refractivity contribution in [3.05, 3.63) is 35.4 Å². The average molecular weight is 211 g/mol. The summed E-state index contributed by atoms with van der Waals surface area (Å²) in [5, 5.41) is 0.682. The summed E-state index contributed by atoms with van der Waals surface area (Å²) >= 11 is 5.92. The zero-order valence-corrected chi connectivity index (χ0v) is 9.34. The quantitative estimate of drug-likeness (QED) is 0.730. The SMILES string of the molecule is C=Cc1cc(Cl)cc(OCC(C)C)c1. The molecule has 0 saturated carbocycles. The molecule has 0 aliphatic heterocycles. The number of hydrogen-bond donors (Lipinski definition) is 0. The third-order valence-electron chi connectivity index (χ3n) is 1.71. The molecule has 0 radical (unpaired) electrons. The van der Waals surface area contributed by atoms with E-state index in [0.29, 0.717) is 17.5 Å². The van der Waals surface area contributed by atoms with Crippen LogP contribution in [0.15, 0.2) is 24.8 Å². The lowest BCUT2D eigenvalue weighted by atomic mass is 10.2. The predicted molar refractivity (Wildman–Crippen MR) is 61.9 cm³/mol. The van der Waals surface area contributed by atoms with Crippen LogP contribution in [0.1, 0.15) is 19.4 Å². The van der Waals surface area contributed by atoms with Gasteiger partial charge in [0.1, 0.15) is 5.75 Å². The van der Waals surface area contributed by atoms with Crippen LogP contribution in [-0.2, 0) is 0 Å². The van der Waals surface area contributed by atoms with Crippen LogP contribution < -0.4 is 4.74 Å². The van der Waals surface area contributed by atoms with E-state index in [9.17, 15) is 0 Å². The summed E-state index contributed by atoms with van der Waals surface area (Å²) in [6.45, 7) is 8.62. The smallest absolute Gasteiger partial charge is 0.121 e. The fourth-order valence-corrected chi connectivity index (χ4v) is 1.28. The van der Waals surface area contributed by atoms with Gasteiger partial charge in [-0.2, -0.15) is 0 Å². The summed E-state index contributed by atoms with van der Waals surface area (Å²) in [7, 11) is 0. The molecular weight excluding hydrogens is 196 g/mol. The maximum Gasteiger partial charge on any atom is 0.121 e. The van der Waals surface area contributed by atoms with Gasteiger partial charge in [-0.15, -0.1) is 0 Å². The van der Waals surface area contributed by atoms with Crippen LogP contribution in [-0.4, -0.2) is 6.61 Å². The highest BCUT2D eigenvalue weighted by Gasteiger charge is 2.00. The molecule has 76 valence electrons. The molecule has 0 fully saturated rings. The van der Waals surface area contributed by atoms with Gasteiger partial charge in [0, 0.05) is 5.02 Å². The van der Waals surface area contributed by atoms with Gasteiger partial charge in [-0.25, -0.2) is 0 Å². The second-order valence-electron chi connectivity index (χ2n) is 3.63. The third kappa shape index (κ3) is 3.43. The number of benzene rings is 1. The first kappa shape index (κ1) is 11.1. The van der Waals surface area contributed by atoms with Gasteiger partial charge in [0.2, 0.25) is 0 Å². The molecule has 1 nitrogen and oxygen atoms in total. The summed E-state index contributed by atoms with van der Waals surface area (Å²) in [5.41, 5.74) is 0.983. The van der Waals surface area contributed by atoms with Crippen molar-refractivity contribution >= 4 is 17.7 Å². The van der Waals surface area contributed by atoms with Crippen LogP contribution in [0.25, 0.3) is 6.08 Å². The molecule has 0 N–H and O–H groups in total. The largest absolute Gasteiger partial charge is 0.493 e. The highest BCUT2D eigenvalue weighted by atomic mass is 35.5. The summed E-state index contributed by atoms with van der Waals surface area (Å²) in [6, 6.07) is 5.61. The highest BCUT2D eigenvalue weighted by molar-refractivity contribution is 6.30. The van der Waals surface area contributed by atoms with Crippen molar-refractivity contribution < 1.29 is 4.74 Å². The third-order valence-corrected chi connectivity index (χ3v) is 1.93. The van der Waals surface area contributed by atoms with Gasteiger partial charge in [-0.1, -0.05) is 38.1 Å². The van der Waals surface area contributed by atoms with Gasteiger partial charge < -0.3 is 4.74 Å². The van der Waals surface area contributed by atoms with Crippen molar-refractivity contribution in [3.8, 4) is 5.75 Å². The minimum absolute atomic E-state index is 0.515. The molecule has 0 heterocycles. The Morgan fingerprint density at radius 1 is 1.43 bits per heavy atom. The Hall–Kier alpha value is -0.950. The first-order chi connectivity index (χ1) is 6.61. The first-order valence-corrected chi connectivity index (χ1v) is 5.05. The van der Waals surface area contributed by atoms with E-state index in [4.69, 9.17) is 16.3 Å². The van der Waals surface area contributed by atoms with Crippen molar-refractivity contribution in [2.45, 2.75) is 13.8 Å². The Morgan fingerprint density at radius 2 is 2.14 bits per heavy atom. The molecule has 14 heavy (non-hydrogen) atoms. The van der Waals surface area contributed by atoms with Gasteiger partial charge >= 0.3 is 0 Å². The van der Waals surface area contributed by atoms with Crippen molar-refractivity contribution in [2.75, 3.05) is 6.61 Å². The fraction of sp³-hybridized carbons (Fsp3) is 0.333. The van der Waals surface area contributed by atoms with E-state index in [0.717, 1.165) is 11.3 Å². The lowest BCUT2D eigenvalue weighted by Crippen LogP contribution is -2.04. The minimum Gasteiger partial charge on any atom is -0.493 e. The van der Waals surface area contributed by atoms with E-state index in [2.05, 4.69) is 20.4 Å². The molecule has 0 aromatic heterocycles. The van der Waals surface area contributed by atoms with Crippen molar-refractivity contribution in [1.82, 2.24) is 0 Å². The van der Waals surface area contributed by atoms with Crippen LogP contribution in [0, 0.1) is 5.92 Å². The Bertz CT molecular complexity index is 318. The number of hydrogen-bond acceptors (Lipinski definition) is 1. The second-order valence-corrected chi connectivity index (χ2v) is 4.07. The summed E-state index contributed by atoms with van der Waals surface area (Å²) < 4.78 is 5.56. The Balaban J connectivity index is 2.76. The highest BCUT2D eigenvalue weighted by Crippen LogP contribution is 2.22. The fourth-order valence-electron chi connectivity index (χ4n) is 1.05. The van der Waals surface area contributed by atoms with Gasteiger partial charge in [0.25, 0.3) is 0 Å². The molecule has 0 spiro atoms. The Labute approximate surface area is 90.3 Å². The molecule has 2 heteroatoms. The normalized spacial score (nSPS) is 10.3. The number of ether oxygens (including phenoxy) is 1. The standard InChI is InChI=1S/C12H15ClO/c1-4-10-5-11(13)7-12(6-10)14-8-9(2)3/h4-7,9H,1,8H2,2-3H3. The average Bonchev–Trinajstić information content (AvgIpc) is 2.14. The minimum atomic E-state index is 0.515. The number of halogens is 1. The summed E-state index contributed by atoms with van der Waals surface area (Å²) in [5.74, 6) is 1.32. The van der Waals surface area contributed by atoms with Gasteiger partial charge in [0.15, 0.2) is 0 Å². The molecule has 0 bridgehead atoms. The molecule has 1 aromatic rings. The molecule has 1 aromatic carbocycles. The summed E-state index contributed by atoms with van der Waals surface area (Å²) in [6.07, 6.45) is 1.76. The zero-order chi connectivity index (χ0) is 10.6. The van der Waals surface area contributed by atoms with E-state index < -0.39 is 0 Å². The van der Waals surface area contributed by atoms with Crippen LogP contribution in [0.4, 0.5) is 0 Å².